The predicted octanol–water partition coefficient (Wildman–Crippen LogP) is -0.167. The minimum Gasteiger partial charge on any atom is -0.339 e. The SMILES string of the molecule is CC(C)N1CCN(C(C)C(=O)N2CCNCC2)CC1. The molecule has 5 heteroatoms. The minimum absolute atomic E-state index is 0.0346. The summed E-state index contributed by atoms with van der Waals surface area (Å²) in [6.07, 6.45) is 0. The number of nitrogens with one attached hydrogen (secondary N) is 1. The molecule has 0 radical (unpaired) electrons. The summed E-state index contributed by atoms with van der Waals surface area (Å²) in [5.74, 6) is 0.305. The molecule has 1 amide bonds. The second-order valence-corrected chi connectivity index (χ2v) is 5.92. The molecule has 1 unspecified atom stereocenters. The zero-order chi connectivity index (χ0) is 13.8. The molecule has 1 atom stereocenters. The standard InChI is InChI=1S/C14H28N4O/c1-12(2)16-8-10-17(11-9-16)13(3)14(19)18-6-4-15-5-7-18/h12-13,15H,4-11H2,1-3H3. The average molecular weight is 268 g/mol. The average Bonchev–Trinajstić information content (AvgIpc) is 2.46. The summed E-state index contributed by atoms with van der Waals surface area (Å²) in [6, 6.07) is 0.647. The normalized spacial score (nSPS) is 24.7. The Labute approximate surface area is 116 Å². The first-order valence-electron chi connectivity index (χ1n) is 7.57. The second-order valence-electron chi connectivity index (χ2n) is 5.92. The van der Waals surface area contributed by atoms with Crippen LogP contribution in [0.4, 0.5) is 0 Å². The van der Waals surface area contributed by atoms with Crippen LogP contribution in [0, 0.1) is 0 Å². The maximum absolute atomic E-state index is 12.5. The van der Waals surface area contributed by atoms with Gasteiger partial charge in [-0.15, -0.1) is 0 Å². The van der Waals surface area contributed by atoms with Crippen LogP contribution in [0.2, 0.25) is 0 Å². The van der Waals surface area contributed by atoms with Crippen molar-refractivity contribution in [2.45, 2.75) is 32.9 Å². The Hall–Kier alpha value is -0.650. The number of hydrogen-bond acceptors (Lipinski definition) is 4. The van der Waals surface area contributed by atoms with Crippen molar-refractivity contribution >= 4 is 5.91 Å². The van der Waals surface area contributed by atoms with Gasteiger partial charge in [0.05, 0.1) is 6.04 Å². The fourth-order valence-corrected chi connectivity index (χ4v) is 2.95. The van der Waals surface area contributed by atoms with Crippen LogP contribution in [0.15, 0.2) is 0 Å². The second kappa shape index (κ2) is 6.68. The molecule has 0 aromatic rings. The van der Waals surface area contributed by atoms with E-state index in [1.54, 1.807) is 0 Å². The van der Waals surface area contributed by atoms with Crippen LogP contribution < -0.4 is 5.32 Å². The summed E-state index contributed by atoms with van der Waals surface area (Å²) >= 11 is 0. The lowest BCUT2D eigenvalue weighted by Crippen LogP contribution is -2.57. The molecule has 2 aliphatic rings. The molecule has 0 bridgehead atoms. The van der Waals surface area contributed by atoms with E-state index >= 15 is 0 Å². The summed E-state index contributed by atoms with van der Waals surface area (Å²) in [4.78, 5) is 19.3. The third kappa shape index (κ3) is 3.68. The Morgan fingerprint density at radius 3 is 1.95 bits per heavy atom. The van der Waals surface area contributed by atoms with Crippen LogP contribution in [0.3, 0.4) is 0 Å². The highest BCUT2D eigenvalue weighted by molar-refractivity contribution is 5.81. The molecule has 0 aromatic heterocycles. The number of rotatable bonds is 3. The molecular weight excluding hydrogens is 240 g/mol. The van der Waals surface area contributed by atoms with Crippen molar-refractivity contribution in [3.05, 3.63) is 0 Å². The molecule has 1 N–H and O–H groups in total. The number of nitrogens with zero attached hydrogens (tertiary/aromatic N) is 3. The van der Waals surface area contributed by atoms with Gasteiger partial charge < -0.3 is 10.2 Å². The van der Waals surface area contributed by atoms with Gasteiger partial charge in [0.2, 0.25) is 5.91 Å². The Bertz CT molecular complexity index is 294. The van der Waals surface area contributed by atoms with E-state index in [4.69, 9.17) is 0 Å². The van der Waals surface area contributed by atoms with Gasteiger partial charge in [0.25, 0.3) is 0 Å². The van der Waals surface area contributed by atoms with Gasteiger partial charge in [-0.25, -0.2) is 0 Å². The summed E-state index contributed by atoms with van der Waals surface area (Å²) < 4.78 is 0. The molecule has 19 heavy (non-hydrogen) atoms. The molecule has 0 aliphatic carbocycles. The van der Waals surface area contributed by atoms with E-state index in [1.165, 1.54) is 0 Å². The van der Waals surface area contributed by atoms with Crippen molar-refractivity contribution in [2.75, 3.05) is 52.4 Å². The lowest BCUT2D eigenvalue weighted by atomic mass is 10.1. The fraction of sp³-hybridized carbons (Fsp3) is 0.929. The Morgan fingerprint density at radius 1 is 0.895 bits per heavy atom. The Kier molecular flexibility index (Phi) is 5.19. The smallest absolute Gasteiger partial charge is 0.239 e. The van der Waals surface area contributed by atoms with Crippen LogP contribution in [-0.4, -0.2) is 85.0 Å². The summed E-state index contributed by atoms with van der Waals surface area (Å²) in [5, 5.41) is 3.29. The van der Waals surface area contributed by atoms with Crippen molar-refractivity contribution in [3.63, 3.8) is 0 Å². The van der Waals surface area contributed by atoms with Gasteiger partial charge >= 0.3 is 0 Å². The summed E-state index contributed by atoms with van der Waals surface area (Å²) in [7, 11) is 0. The molecule has 0 aromatic carbocycles. The molecule has 5 nitrogen and oxygen atoms in total. The van der Waals surface area contributed by atoms with Gasteiger partial charge in [0, 0.05) is 58.4 Å². The van der Waals surface area contributed by atoms with Crippen molar-refractivity contribution in [2.24, 2.45) is 0 Å². The Morgan fingerprint density at radius 2 is 1.42 bits per heavy atom. The summed E-state index contributed by atoms with van der Waals surface area (Å²) in [6.45, 7) is 14.3. The minimum atomic E-state index is 0.0346. The third-order valence-corrected chi connectivity index (χ3v) is 4.41. The molecule has 0 saturated carbocycles. The maximum atomic E-state index is 12.5. The molecule has 2 aliphatic heterocycles. The molecule has 0 spiro atoms. The number of hydrogen-bond donors (Lipinski definition) is 1. The highest BCUT2D eigenvalue weighted by Crippen LogP contribution is 2.11. The van der Waals surface area contributed by atoms with Crippen LogP contribution >= 0.6 is 0 Å². The van der Waals surface area contributed by atoms with Gasteiger partial charge in [0.1, 0.15) is 0 Å². The van der Waals surface area contributed by atoms with Crippen LogP contribution in [0.5, 0.6) is 0 Å². The first-order valence-corrected chi connectivity index (χ1v) is 7.57. The molecular formula is C14H28N4O. The van der Waals surface area contributed by atoms with Crippen molar-refractivity contribution in [3.8, 4) is 0 Å². The Balaban J connectivity index is 1.83. The van der Waals surface area contributed by atoms with Gasteiger partial charge in [0.15, 0.2) is 0 Å². The number of amides is 1. The maximum Gasteiger partial charge on any atom is 0.239 e. The quantitative estimate of drug-likeness (QED) is 0.771. The third-order valence-electron chi connectivity index (χ3n) is 4.41. The van der Waals surface area contributed by atoms with Gasteiger partial charge in [-0.2, -0.15) is 0 Å². The molecule has 110 valence electrons. The number of carbonyl (C=O) groups excluding carboxylic acids is 1. The van der Waals surface area contributed by atoms with E-state index in [0.717, 1.165) is 52.4 Å². The van der Waals surface area contributed by atoms with Crippen LogP contribution in [0.25, 0.3) is 0 Å². The predicted molar refractivity (Wildman–Crippen MR) is 77.2 cm³/mol. The molecule has 2 rings (SSSR count). The van der Waals surface area contributed by atoms with E-state index in [-0.39, 0.29) is 6.04 Å². The zero-order valence-corrected chi connectivity index (χ0v) is 12.6. The van der Waals surface area contributed by atoms with Crippen molar-refractivity contribution in [1.82, 2.24) is 20.0 Å². The highest BCUT2D eigenvalue weighted by atomic mass is 16.2. The lowest BCUT2D eigenvalue weighted by Gasteiger charge is -2.41. The van der Waals surface area contributed by atoms with Crippen molar-refractivity contribution < 1.29 is 4.79 Å². The van der Waals surface area contributed by atoms with E-state index in [2.05, 4.69) is 35.9 Å². The number of piperazine rings is 2. The van der Waals surface area contributed by atoms with E-state index < -0.39 is 0 Å². The molecule has 2 fully saturated rings. The topological polar surface area (TPSA) is 38.8 Å². The van der Waals surface area contributed by atoms with Crippen LogP contribution in [-0.2, 0) is 4.79 Å². The first-order chi connectivity index (χ1) is 9.09. The van der Waals surface area contributed by atoms with Gasteiger partial charge in [-0.3, -0.25) is 14.6 Å². The van der Waals surface area contributed by atoms with Crippen LogP contribution in [0.1, 0.15) is 20.8 Å². The first kappa shape index (κ1) is 14.8. The monoisotopic (exact) mass is 268 g/mol. The zero-order valence-electron chi connectivity index (χ0n) is 12.6. The van der Waals surface area contributed by atoms with E-state index in [1.807, 2.05) is 4.90 Å². The number of carbonyl (C=O) groups is 1. The molecule has 2 heterocycles. The largest absolute Gasteiger partial charge is 0.339 e. The summed E-state index contributed by atoms with van der Waals surface area (Å²) in [5.41, 5.74) is 0. The highest BCUT2D eigenvalue weighted by Gasteiger charge is 2.29. The molecule has 2 saturated heterocycles. The fourth-order valence-electron chi connectivity index (χ4n) is 2.95. The lowest BCUT2D eigenvalue weighted by molar-refractivity contribution is -0.137. The van der Waals surface area contributed by atoms with E-state index in [9.17, 15) is 4.79 Å². The van der Waals surface area contributed by atoms with Gasteiger partial charge in [-0.05, 0) is 20.8 Å². The van der Waals surface area contributed by atoms with Crippen molar-refractivity contribution in [1.29, 1.82) is 0 Å². The van der Waals surface area contributed by atoms with Gasteiger partial charge in [-0.1, -0.05) is 0 Å². The van der Waals surface area contributed by atoms with E-state index in [0.29, 0.717) is 11.9 Å².